The van der Waals surface area contributed by atoms with Gasteiger partial charge in [-0.2, -0.15) is 0 Å². The van der Waals surface area contributed by atoms with E-state index in [0.717, 1.165) is 19.4 Å². The number of nitro benzene ring substituents is 1. The molecule has 112 valence electrons. The van der Waals surface area contributed by atoms with E-state index in [4.69, 9.17) is 9.47 Å². The number of hydrogen-bond donors (Lipinski definition) is 2. The summed E-state index contributed by atoms with van der Waals surface area (Å²) in [7, 11) is 0. The minimum Gasteiger partial charge on any atom is -0.454 e. The van der Waals surface area contributed by atoms with Crippen LogP contribution in [0.25, 0.3) is 0 Å². The third-order valence-corrected chi connectivity index (χ3v) is 3.61. The number of carbonyl (C=O) groups excluding carboxylic acids is 1. The van der Waals surface area contributed by atoms with E-state index < -0.39 is 4.92 Å². The monoisotopic (exact) mass is 293 g/mol. The Morgan fingerprint density at radius 1 is 1.38 bits per heavy atom. The summed E-state index contributed by atoms with van der Waals surface area (Å²) < 4.78 is 10.3. The van der Waals surface area contributed by atoms with Crippen molar-refractivity contribution in [2.75, 3.05) is 25.2 Å². The van der Waals surface area contributed by atoms with Gasteiger partial charge in [0.15, 0.2) is 11.5 Å². The van der Waals surface area contributed by atoms with Crippen molar-refractivity contribution in [3.8, 4) is 11.5 Å². The molecule has 1 atom stereocenters. The van der Waals surface area contributed by atoms with Gasteiger partial charge in [-0.05, 0) is 19.4 Å². The minimum atomic E-state index is -0.545. The summed E-state index contributed by atoms with van der Waals surface area (Å²) in [4.78, 5) is 22.8. The molecule has 1 aromatic carbocycles. The molecule has 1 aromatic rings. The highest BCUT2D eigenvalue weighted by Crippen LogP contribution is 2.40. The van der Waals surface area contributed by atoms with Crippen molar-refractivity contribution in [2.24, 2.45) is 5.92 Å². The molecule has 21 heavy (non-hydrogen) atoms. The lowest BCUT2D eigenvalue weighted by Gasteiger charge is -2.21. The number of nitrogens with zero attached hydrogens (tertiary/aromatic N) is 1. The van der Waals surface area contributed by atoms with Crippen LogP contribution in [0.1, 0.15) is 12.8 Å². The summed E-state index contributed by atoms with van der Waals surface area (Å²) in [6.07, 6.45) is 1.69. The summed E-state index contributed by atoms with van der Waals surface area (Å²) in [5.41, 5.74) is -0.0591. The lowest BCUT2D eigenvalue weighted by Crippen LogP contribution is -2.37. The van der Waals surface area contributed by atoms with E-state index in [0.29, 0.717) is 18.0 Å². The second-order valence-corrected chi connectivity index (χ2v) is 5.01. The molecule has 1 fully saturated rings. The van der Waals surface area contributed by atoms with Crippen molar-refractivity contribution >= 4 is 17.3 Å². The Labute approximate surface area is 120 Å². The lowest BCUT2D eigenvalue weighted by atomic mass is 9.98. The van der Waals surface area contributed by atoms with E-state index in [1.807, 2.05) is 0 Å². The first-order valence-electron chi connectivity index (χ1n) is 6.75. The molecule has 0 aliphatic carbocycles. The van der Waals surface area contributed by atoms with Crippen molar-refractivity contribution in [2.45, 2.75) is 12.8 Å². The van der Waals surface area contributed by atoms with Crippen LogP contribution in [-0.2, 0) is 4.79 Å². The molecule has 0 saturated carbocycles. The molecular weight excluding hydrogens is 278 g/mol. The van der Waals surface area contributed by atoms with Gasteiger partial charge in [-0.25, -0.2) is 0 Å². The van der Waals surface area contributed by atoms with Gasteiger partial charge in [0.2, 0.25) is 12.7 Å². The molecule has 2 N–H and O–H groups in total. The van der Waals surface area contributed by atoms with E-state index in [1.165, 1.54) is 12.1 Å². The molecule has 1 saturated heterocycles. The Bertz CT molecular complexity index is 583. The zero-order valence-electron chi connectivity index (χ0n) is 11.3. The summed E-state index contributed by atoms with van der Waals surface area (Å²) in [6.45, 7) is 1.51. The van der Waals surface area contributed by atoms with Crippen LogP contribution in [0.4, 0.5) is 11.4 Å². The molecule has 2 heterocycles. The van der Waals surface area contributed by atoms with Gasteiger partial charge in [0.1, 0.15) is 5.69 Å². The third-order valence-electron chi connectivity index (χ3n) is 3.61. The quantitative estimate of drug-likeness (QED) is 0.642. The zero-order valence-corrected chi connectivity index (χ0v) is 11.3. The van der Waals surface area contributed by atoms with Crippen LogP contribution >= 0.6 is 0 Å². The molecule has 0 radical (unpaired) electrons. The maximum absolute atomic E-state index is 12.2. The smallest absolute Gasteiger partial charge is 0.296 e. The number of fused-ring (bicyclic) bond motifs is 1. The first-order valence-corrected chi connectivity index (χ1v) is 6.75. The number of rotatable bonds is 3. The molecular formula is C13H15N3O5. The van der Waals surface area contributed by atoms with Gasteiger partial charge in [0, 0.05) is 12.6 Å². The van der Waals surface area contributed by atoms with Crippen molar-refractivity contribution in [3.05, 3.63) is 22.2 Å². The van der Waals surface area contributed by atoms with Gasteiger partial charge < -0.3 is 20.1 Å². The van der Waals surface area contributed by atoms with Crippen molar-refractivity contribution in [3.63, 3.8) is 0 Å². The second kappa shape index (κ2) is 5.57. The fourth-order valence-electron chi connectivity index (χ4n) is 2.49. The van der Waals surface area contributed by atoms with E-state index >= 15 is 0 Å². The molecule has 0 aromatic heterocycles. The summed E-state index contributed by atoms with van der Waals surface area (Å²) in [5, 5.41) is 16.9. The Kier molecular flexibility index (Phi) is 3.61. The van der Waals surface area contributed by atoms with Crippen LogP contribution in [0.3, 0.4) is 0 Å². The number of anilines is 1. The van der Waals surface area contributed by atoms with Crippen LogP contribution in [0.5, 0.6) is 11.5 Å². The lowest BCUT2D eigenvalue weighted by molar-refractivity contribution is -0.384. The Balaban J connectivity index is 1.83. The van der Waals surface area contributed by atoms with E-state index in [1.54, 1.807) is 0 Å². The highest BCUT2D eigenvalue weighted by molar-refractivity contribution is 5.95. The fourth-order valence-corrected chi connectivity index (χ4v) is 2.49. The summed E-state index contributed by atoms with van der Waals surface area (Å²) in [5.74, 6) is 0.324. The molecule has 3 rings (SSSR count). The second-order valence-electron chi connectivity index (χ2n) is 5.01. The zero-order chi connectivity index (χ0) is 14.8. The largest absolute Gasteiger partial charge is 0.454 e. The van der Waals surface area contributed by atoms with Crippen LogP contribution in [0.2, 0.25) is 0 Å². The maximum Gasteiger partial charge on any atom is 0.296 e. The van der Waals surface area contributed by atoms with Gasteiger partial charge in [-0.1, -0.05) is 0 Å². The number of piperidine rings is 1. The highest BCUT2D eigenvalue weighted by Gasteiger charge is 2.27. The molecule has 2 aliphatic rings. The Hall–Kier alpha value is -2.35. The number of amides is 1. The topological polar surface area (TPSA) is 103 Å². The van der Waals surface area contributed by atoms with Gasteiger partial charge in [-0.3, -0.25) is 14.9 Å². The molecule has 1 amide bonds. The van der Waals surface area contributed by atoms with Gasteiger partial charge in [0.05, 0.1) is 16.9 Å². The standard InChI is InChI=1S/C13H15N3O5/c17-13(8-2-1-3-14-6-8)15-9-4-11-12(21-7-20-11)5-10(9)16(18)19/h4-5,8,14H,1-3,6-7H2,(H,15,17). The first-order chi connectivity index (χ1) is 10.1. The molecule has 1 unspecified atom stereocenters. The average Bonchev–Trinajstić information content (AvgIpc) is 2.94. The van der Waals surface area contributed by atoms with Crippen molar-refractivity contribution in [1.29, 1.82) is 0 Å². The Morgan fingerprint density at radius 3 is 2.81 bits per heavy atom. The SMILES string of the molecule is O=C(Nc1cc2c(cc1[N+](=O)[O-])OCO2)C1CCCNC1. The number of ether oxygens (including phenoxy) is 2. The summed E-state index contributed by atoms with van der Waals surface area (Å²) in [6, 6.07) is 2.71. The number of nitrogens with one attached hydrogen (secondary N) is 2. The minimum absolute atomic E-state index is 0.0242. The van der Waals surface area contributed by atoms with E-state index in [9.17, 15) is 14.9 Å². The van der Waals surface area contributed by atoms with E-state index in [2.05, 4.69) is 10.6 Å². The van der Waals surface area contributed by atoms with Crippen LogP contribution in [-0.4, -0.2) is 30.7 Å². The van der Waals surface area contributed by atoms with Crippen molar-refractivity contribution < 1.29 is 19.2 Å². The highest BCUT2D eigenvalue weighted by atomic mass is 16.7. The average molecular weight is 293 g/mol. The number of carbonyl (C=O) groups is 1. The molecule has 8 nitrogen and oxygen atoms in total. The molecule has 2 aliphatic heterocycles. The number of hydrogen-bond acceptors (Lipinski definition) is 6. The van der Waals surface area contributed by atoms with Gasteiger partial charge >= 0.3 is 0 Å². The third kappa shape index (κ3) is 2.75. The summed E-state index contributed by atoms with van der Waals surface area (Å²) >= 11 is 0. The van der Waals surface area contributed by atoms with Crippen LogP contribution in [0, 0.1) is 16.0 Å². The van der Waals surface area contributed by atoms with Gasteiger partial charge in [0.25, 0.3) is 5.69 Å². The maximum atomic E-state index is 12.2. The molecule has 0 spiro atoms. The Morgan fingerprint density at radius 2 is 2.14 bits per heavy atom. The molecule has 0 bridgehead atoms. The predicted molar refractivity (Wildman–Crippen MR) is 73.4 cm³/mol. The number of nitro groups is 1. The van der Waals surface area contributed by atoms with Crippen LogP contribution < -0.4 is 20.1 Å². The van der Waals surface area contributed by atoms with Crippen molar-refractivity contribution in [1.82, 2.24) is 5.32 Å². The predicted octanol–water partition coefficient (Wildman–Crippen LogP) is 1.26. The molecule has 8 heteroatoms. The fraction of sp³-hybridized carbons (Fsp3) is 0.462. The van der Waals surface area contributed by atoms with Gasteiger partial charge in [-0.15, -0.1) is 0 Å². The van der Waals surface area contributed by atoms with E-state index in [-0.39, 0.29) is 30.0 Å². The number of benzene rings is 1. The first kappa shape index (κ1) is 13.6. The van der Waals surface area contributed by atoms with Crippen LogP contribution in [0.15, 0.2) is 12.1 Å². The normalized spacial score (nSPS) is 20.1.